The van der Waals surface area contributed by atoms with Crippen molar-refractivity contribution in [2.24, 2.45) is 0 Å². The molecule has 1 aliphatic heterocycles. The number of benzene rings is 2. The first-order chi connectivity index (χ1) is 13.3. The first kappa shape index (κ1) is 16.3. The molecule has 2 aromatic carbocycles. The van der Waals surface area contributed by atoms with Crippen LogP contribution < -0.4 is 14.5 Å². The summed E-state index contributed by atoms with van der Waals surface area (Å²) in [7, 11) is 1.70. The Morgan fingerprint density at radius 2 is 1.67 bits per heavy atom. The second-order valence-corrected chi connectivity index (χ2v) is 7.68. The minimum absolute atomic E-state index is 0.880. The van der Waals surface area contributed by atoms with Gasteiger partial charge in [0.15, 0.2) is 5.13 Å². The van der Waals surface area contributed by atoms with Crippen LogP contribution in [0.25, 0.3) is 21.1 Å². The third-order valence-corrected chi connectivity index (χ3v) is 6.12. The minimum atomic E-state index is 0.880. The number of fused-ring (bicyclic) bond motifs is 2. The van der Waals surface area contributed by atoms with E-state index in [-0.39, 0.29) is 0 Å². The standard InChI is InChI=1S/C21H20N4OS/c1-26-16-7-8-18-19(14-16)27-21(23-18)25-12-10-24(11-13-25)20-9-6-15-4-2-3-5-17(15)22-20/h2-9,14H,10-13H2,1H3. The van der Waals surface area contributed by atoms with Gasteiger partial charge in [-0.3, -0.25) is 0 Å². The number of anilines is 2. The Labute approximate surface area is 161 Å². The molecule has 0 spiro atoms. The van der Waals surface area contributed by atoms with Crippen molar-refractivity contribution in [2.45, 2.75) is 0 Å². The Kier molecular flexibility index (Phi) is 4.05. The quantitative estimate of drug-likeness (QED) is 0.537. The van der Waals surface area contributed by atoms with E-state index in [4.69, 9.17) is 14.7 Å². The van der Waals surface area contributed by atoms with Crippen LogP contribution in [0.3, 0.4) is 0 Å². The molecule has 1 aliphatic rings. The molecule has 0 bridgehead atoms. The topological polar surface area (TPSA) is 41.5 Å². The molecule has 1 fully saturated rings. The smallest absolute Gasteiger partial charge is 0.186 e. The molecule has 5 nitrogen and oxygen atoms in total. The number of ether oxygens (including phenoxy) is 1. The highest BCUT2D eigenvalue weighted by molar-refractivity contribution is 7.22. The summed E-state index contributed by atoms with van der Waals surface area (Å²) >= 11 is 1.73. The Hall–Kier alpha value is -2.86. The number of para-hydroxylation sites is 1. The van der Waals surface area contributed by atoms with Crippen LogP contribution in [0, 0.1) is 0 Å². The van der Waals surface area contributed by atoms with Gasteiger partial charge >= 0.3 is 0 Å². The summed E-state index contributed by atoms with van der Waals surface area (Å²) in [5, 5.41) is 2.27. The lowest BCUT2D eigenvalue weighted by Crippen LogP contribution is -2.46. The summed E-state index contributed by atoms with van der Waals surface area (Å²) in [5.41, 5.74) is 2.09. The molecule has 6 heteroatoms. The van der Waals surface area contributed by atoms with Gasteiger partial charge in [0, 0.05) is 31.6 Å². The second-order valence-electron chi connectivity index (χ2n) is 6.67. The van der Waals surface area contributed by atoms with Crippen LogP contribution in [-0.4, -0.2) is 43.3 Å². The van der Waals surface area contributed by atoms with Crippen LogP contribution in [0.5, 0.6) is 5.75 Å². The zero-order chi connectivity index (χ0) is 18.2. The molecule has 3 heterocycles. The maximum atomic E-state index is 5.32. The second kappa shape index (κ2) is 6.70. The Balaban J connectivity index is 1.33. The molecule has 1 saturated heterocycles. The van der Waals surface area contributed by atoms with Crippen molar-refractivity contribution in [2.75, 3.05) is 43.1 Å². The van der Waals surface area contributed by atoms with Gasteiger partial charge in [-0.25, -0.2) is 9.97 Å². The summed E-state index contributed by atoms with van der Waals surface area (Å²) in [6.07, 6.45) is 0. The first-order valence-electron chi connectivity index (χ1n) is 9.10. The normalized spacial score (nSPS) is 14.9. The molecule has 0 atom stereocenters. The number of piperazine rings is 1. The average molecular weight is 376 g/mol. The average Bonchev–Trinajstić information content (AvgIpc) is 3.17. The molecule has 2 aromatic heterocycles. The zero-order valence-corrected chi connectivity index (χ0v) is 15.9. The number of methoxy groups -OCH3 is 1. The molecule has 27 heavy (non-hydrogen) atoms. The van der Waals surface area contributed by atoms with Crippen molar-refractivity contribution >= 4 is 43.4 Å². The largest absolute Gasteiger partial charge is 0.497 e. The van der Waals surface area contributed by atoms with Gasteiger partial charge in [0.05, 0.1) is 22.8 Å². The maximum absolute atomic E-state index is 5.32. The summed E-state index contributed by atoms with van der Waals surface area (Å²) in [6, 6.07) is 18.6. The van der Waals surface area contributed by atoms with Crippen molar-refractivity contribution < 1.29 is 4.74 Å². The van der Waals surface area contributed by atoms with E-state index in [0.29, 0.717) is 0 Å². The molecule has 0 radical (unpaired) electrons. The van der Waals surface area contributed by atoms with E-state index in [0.717, 1.165) is 53.9 Å². The zero-order valence-electron chi connectivity index (χ0n) is 15.1. The van der Waals surface area contributed by atoms with Gasteiger partial charge in [0.2, 0.25) is 0 Å². The van der Waals surface area contributed by atoms with Gasteiger partial charge in [0.1, 0.15) is 11.6 Å². The van der Waals surface area contributed by atoms with E-state index in [1.54, 1.807) is 18.4 Å². The molecular weight excluding hydrogens is 356 g/mol. The third-order valence-electron chi connectivity index (χ3n) is 5.04. The highest BCUT2D eigenvalue weighted by Crippen LogP contribution is 2.32. The van der Waals surface area contributed by atoms with E-state index in [1.807, 2.05) is 18.2 Å². The molecular formula is C21H20N4OS. The summed E-state index contributed by atoms with van der Waals surface area (Å²) < 4.78 is 6.49. The van der Waals surface area contributed by atoms with Gasteiger partial charge in [-0.1, -0.05) is 29.5 Å². The Bertz CT molecular complexity index is 1100. The predicted octanol–water partition coefficient (Wildman–Crippen LogP) is 4.18. The van der Waals surface area contributed by atoms with Gasteiger partial charge in [-0.05, 0) is 36.4 Å². The Morgan fingerprint density at radius 3 is 2.52 bits per heavy atom. The fourth-order valence-electron chi connectivity index (χ4n) is 3.51. The van der Waals surface area contributed by atoms with Crippen LogP contribution in [0.2, 0.25) is 0 Å². The van der Waals surface area contributed by atoms with Crippen LogP contribution >= 0.6 is 11.3 Å². The number of thiazole rings is 1. The lowest BCUT2D eigenvalue weighted by Gasteiger charge is -2.35. The number of aromatic nitrogens is 2. The molecule has 0 N–H and O–H groups in total. The fraction of sp³-hybridized carbons (Fsp3) is 0.238. The van der Waals surface area contributed by atoms with Crippen LogP contribution in [0.4, 0.5) is 10.9 Å². The fourth-order valence-corrected chi connectivity index (χ4v) is 4.56. The van der Waals surface area contributed by atoms with Crippen molar-refractivity contribution in [3.05, 3.63) is 54.6 Å². The number of rotatable bonds is 3. The molecule has 0 unspecified atom stereocenters. The van der Waals surface area contributed by atoms with E-state index >= 15 is 0 Å². The van der Waals surface area contributed by atoms with E-state index in [2.05, 4.69) is 46.2 Å². The molecule has 136 valence electrons. The Morgan fingerprint density at radius 1 is 0.852 bits per heavy atom. The number of pyridine rings is 1. The monoisotopic (exact) mass is 376 g/mol. The molecule has 0 aliphatic carbocycles. The molecule has 0 saturated carbocycles. The SMILES string of the molecule is COc1ccc2nc(N3CCN(c4ccc5ccccc5n4)CC3)sc2c1. The van der Waals surface area contributed by atoms with E-state index in [1.165, 1.54) is 10.1 Å². The van der Waals surface area contributed by atoms with Crippen LogP contribution in [0.1, 0.15) is 0 Å². The first-order valence-corrected chi connectivity index (χ1v) is 9.92. The van der Waals surface area contributed by atoms with Gasteiger partial charge in [0.25, 0.3) is 0 Å². The summed E-state index contributed by atoms with van der Waals surface area (Å²) in [6.45, 7) is 3.80. The van der Waals surface area contributed by atoms with Gasteiger partial charge in [-0.2, -0.15) is 0 Å². The molecule has 0 amide bonds. The van der Waals surface area contributed by atoms with Crippen molar-refractivity contribution in [3.63, 3.8) is 0 Å². The lowest BCUT2D eigenvalue weighted by atomic mass is 10.2. The van der Waals surface area contributed by atoms with Crippen molar-refractivity contribution in [1.29, 1.82) is 0 Å². The van der Waals surface area contributed by atoms with E-state index < -0.39 is 0 Å². The van der Waals surface area contributed by atoms with Gasteiger partial charge < -0.3 is 14.5 Å². The number of nitrogens with zero attached hydrogens (tertiary/aromatic N) is 4. The lowest BCUT2D eigenvalue weighted by molar-refractivity contribution is 0.415. The number of hydrogen-bond acceptors (Lipinski definition) is 6. The van der Waals surface area contributed by atoms with Crippen molar-refractivity contribution in [3.8, 4) is 5.75 Å². The maximum Gasteiger partial charge on any atom is 0.186 e. The van der Waals surface area contributed by atoms with E-state index in [9.17, 15) is 0 Å². The van der Waals surface area contributed by atoms with Gasteiger partial charge in [-0.15, -0.1) is 0 Å². The predicted molar refractivity (Wildman–Crippen MR) is 112 cm³/mol. The third kappa shape index (κ3) is 3.06. The van der Waals surface area contributed by atoms with Crippen molar-refractivity contribution in [1.82, 2.24) is 9.97 Å². The summed E-state index contributed by atoms with van der Waals surface area (Å²) in [5.74, 6) is 1.94. The number of hydrogen-bond donors (Lipinski definition) is 0. The molecule has 5 rings (SSSR count). The van der Waals surface area contributed by atoms with Crippen LogP contribution in [0.15, 0.2) is 54.6 Å². The highest BCUT2D eigenvalue weighted by Gasteiger charge is 2.21. The minimum Gasteiger partial charge on any atom is -0.497 e. The summed E-state index contributed by atoms with van der Waals surface area (Å²) in [4.78, 5) is 14.4. The molecule has 4 aromatic rings. The highest BCUT2D eigenvalue weighted by atomic mass is 32.1. The van der Waals surface area contributed by atoms with Crippen LogP contribution in [-0.2, 0) is 0 Å².